The molecule has 2 nitrogen and oxygen atoms in total. The number of hydrogen-bond acceptors (Lipinski definition) is 2. The van der Waals surface area contributed by atoms with Crippen LogP contribution in [0.2, 0.25) is 0 Å². The smallest absolute Gasteiger partial charge is 0.131 e. The first-order valence-corrected chi connectivity index (χ1v) is 7.19. The van der Waals surface area contributed by atoms with Crippen molar-refractivity contribution in [3.63, 3.8) is 0 Å². The molecule has 0 radical (unpaired) electrons. The minimum absolute atomic E-state index is 0.149. The van der Waals surface area contributed by atoms with Gasteiger partial charge in [-0.1, -0.05) is 24.3 Å². The fraction of sp³-hybridized carbons (Fsp3) is 0.412. The first-order valence-electron chi connectivity index (χ1n) is 7.19. The second-order valence-corrected chi connectivity index (χ2v) is 6.26. The Balaban J connectivity index is 1.88. The molecule has 0 aromatic heterocycles. The predicted octanol–water partition coefficient (Wildman–Crippen LogP) is 2.44. The standard InChI is InChI=1S/C17H17NO/c1-18-9-8-17-12-5-3-7-15(17)19-14-6-2-4-11(16(14)17)10-13(12)18/h2-7,13,15H,8-10H2,1H3/t13?,15-,17+/m0/s1. The highest BCUT2D eigenvalue weighted by Gasteiger charge is 2.58. The van der Waals surface area contributed by atoms with Crippen LogP contribution in [0.15, 0.2) is 42.0 Å². The van der Waals surface area contributed by atoms with Crippen LogP contribution in [0.4, 0.5) is 0 Å². The number of piperidine rings is 1. The number of likely N-dealkylation sites (N-methyl/N-ethyl adjacent to an activating group) is 1. The van der Waals surface area contributed by atoms with Crippen LogP contribution < -0.4 is 4.74 Å². The number of likely N-dealkylation sites (tertiary alicyclic amines) is 1. The molecular formula is C17H17NO. The van der Waals surface area contributed by atoms with Gasteiger partial charge in [0.15, 0.2) is 0 Å². The first kappa shape index (κ1) is 10.3. The molecule has 1 unspecified atom stereocenters. The molecule has 2 aliphatic carbocycles. The van der Waals surface area contributed by atoms with Crippen molar-refractivity contribution in [2.75, 3.05) is 13.6 Å². The Kier molecular flexibility index (Phi) is 1.69. The molecule has 3 atom stereocenters. The van der Waals surface area contributed by atoms with Crippen LogP contribution in [-0.4, -0.2) is 30.6 Å². The third kappa shape index (κ3) is 1.01. The second-order valence-electron chi connectivity index (χ2n) is 6.26. The quantitative estimate of drug-likeness (QED) is 0.702. The molecule has 2 heteroatoms. The number of benzene rings is 1. The molecule has 1 aromatic rings. The minimum Gasteiger partial charge on any atom is -0.485 e. The third-order valence-electron chi connectivity index (χ3n) is 5.54. The van der Waals surface area contributed by atoms with Crippen molar-refractivity contribution in [1.82, 2.24) is 4.90 Å². The molecule has 4 aliphatic rings. The van der Waals surface area contributed by atoms with Crippen LogP contribution in [-0.2, 0) is 11.8 Å². The van der Waals surface area contributed by atoms with E-state index in [-0.39, 0.29) is 11.5 Å². The van der Waals surface area contributed by atoms with Crippen LogP contribution in [0.5, 0.6) is 5.75 Å². The summed E-state index contributed by atoms with van der Waals surface area (Å²) in [5.74, 6) is 1.13. The molecule has 0 saturated carbocycles. The summed E-state index contributed by atoms with van der Waals surface area (Å²) in [6.45, 7) is 1.17. The summed E-state index contributed by atoms with van der Waals surface area (Å²) in [6, 6.07) is 7.16. The molecule has 1 fully saturated rings. The Morgan fingerprint density at radius 3 is 3.26 bits per heavy atom. The number of rotatable bonds is 0. The maximum Gasteiger partial charge on any atom is 0.131 e. The molecule has 2 bridgehead atoms. The summed E-state index contributed by atoms with van der Waals surface area (Å²) in [4.78, 5) is 2.52. The molecule has 1 spiro atoms. The van der Waals surface area contributed by atoms with E-state index in [0.29, 0.717) is 6.04 Å². The zero-order valence-corrected chi connectivity index (χ0v) is 11.1. The SMILES string of the molecule is CN1CC[C@@]23C4=CC=C[C@@H]2Oc2cccc(c23)CC41. The van der Waals surface area contributed by atoms with E-state index in [1.807, 2.05) is 0 Å². The maximum atomic E-state index is 6.27. The fourth-order valence-electron chi connectivity index (χ4n) is 4.69. The summed E-state index contributed by atoms with van der Waals surface area (Å²) in [7, 11) is 2.26. The summed E-state index contributed by atoms with van der Waals surface area (Å²) in [5, 5.41) is 0. The normalized spacial score (nSPS) is 37.6. The van der Waals surface area contributed by atoms with Crippen molar-refractivity contribution in [2.45, 2.75) is 30.4 Å². The minimum atomic E-state index is 0.149. The molecule has 1 aromatic carbocycles. The fourth-order valence-corrected chi connectivity index (χ4v) is 4.69. The molecule has 19 heavy (non-hydrogen) atoms. The van der Waals surface area contributed by atoms with E-state index in [4.69, 9.17) is 4.74 Å². The zero-order chi connectivity index (χ0) is 12.6. The Bertz CT molecular complexity index is 645. The van der Waals surface area contributed by atoms with Crippen LogP contribution >= 0.6 is 0 Å². The monoisotopic (exact) mass is 251 g/mol. The summed E-state index contributed by atoms with van der Waals surface area (Å²) in [5.41, 5.74) is 4.74. The Morgan fingerprint density at radius 1 is 1.37 bits per heavy atom. The molecule has 1 saturated heterocycles. The van der Waals surface area contributed by atoms with E-state index < -0.39 is 0 Å². The molecular weight excluding hydrogens is 234 g/mol. The molecule has 0 amide bonds. The summed E-state index contributed by atoms with van der Waals surface area (Å²) in [6.07, 6.45) is 9.34. The van der Waals surface area contributed by atoms with Gasteiger partial charge >= 0.3 is 0 Å². The Labute approximate surface area is 113 Å². The number of ether oxygens (including phenoxy) is 1. The van der Waals surface area contributed by atoms with Crippen molar-refractivity contribution < 1.29 is 4.74 Å². The van der Waals surface area contributed by atoms with E-state index in [1.54, 1.807) is 5.57 Å². The zero-order valence-electron chi connectivity index (χ0n) is 11.1. The van der Waals surface area contributed by atoms with E-state index in [2.05, 4.69) is 48.4 Å². The molecule has 96 valence electrons. The Morgan fingerprint density at radius 2 is 2.32 bits per heavy atom. The predicted molar refractivity (Wildman–Crippen MR) is 74.5 cm³/mol. The van der Waals surface area contributed by atoms with Gasteiger partial charge in [0.05, 0.1) is 5.41 Å². The Hall–Kier alpha value is -1.54. The highest BCUT2D eigenvalue weighted by atomic mass is 16.5. The van der Waals surface area contributed by atoms with Crippen LogP contribution in [0.3, 0.4) is 0 Å². The van der Waals surface area contributed by atoms with E-state index >= 15 is 0 Å². The van der Waals surface area contributed by atoms with Gasteiger partial charge in [0.2, 0.25) is 0 Å². The van der Waals surface area contributed by atoms with Gasteiger partial charge in [0, 0.05) is 11.6 Å². The van der Waals surface area contributed by atoms with E-state index in [9.17, 15) is 0 Å². The van der Waals surface area contributed by atoms with Gasteiger partial charge in [-0.15, -0.1) is 0 Å². The van der Waals surface area contributed by atoms with Crippen molar-refractivity contribution in [3.8, 4) is 5.75 Å². The lowest BCUT2D eigenvalue weighted by atomic mass is 9.58. The molecule has 2 aliphatic heterocycles. The van der Waals surface area contributed by atoms with Crippen molar-refractivity contribution in [3.05, 3.63) is 53.1 Å². The summed E-state index contributed by atoms with van der Waals surface area (Å²) >= 11 is 0. The topological polar surface area (TPSA) is 12.5 Å². The van der Waals surface area contributed by atoms with Crippen molar-refractivity contribution in [2.24, 2.45) is 0 Å². The largest absolute Gasteiger partial charge is 0.485 e. The van der Waals surface area contributed by atoms with E-state index in [1.165, 1.54) is 24.1 Å². The third-order valence-corrected chi connectivity index (χ3v) is 5.54. The second kappa shape index (κ2) is 3.13. The first-order chi connectivity index (χ1) is 9.30. The lowest BCUT2D eigenvalue weighted by Gasteiger charge is -2.52. The van der Waals surface area contributed by atoms with Crippen molar-refractivity contribution in [1.29, 1.82) is 0 Å². The van der Waals surface area contributed by atoms with Gasteiger partial charge in [0.25, 0.3) is 0 Å². The van der Waals surface area contributed by atoms with E-state index in [0.717, 1.165) is 12.2 Å². The van der Waals surface area contributed by atoms with Gasteiger partial charge in [-0.3, -0.25) is 4.90 Å². The van der Waals surface area contributed by atoms with Gasteiger partial charge in [-0.05, 0) is 49.7 Å². The van der Waals surface area contributed by atoms with Gasteiger partial charge in [-0.2, -0.15) is 0 Å². The lowest BCUT2D eigenvalue weighted by Crippen LogP contribution is -2.57. The number of allylic oxidation sites excluding steroid dienone is 2. The van der Waals surface area contributed by atoms with Crippen LogP contribution in [0, 0.1) is 0 Å². The van der Waals surface area contributed by atoms with Crippen molar-refractivity contribution >= 4 is 0 Å². The molecule has 0 N–H and O–H groups in total. The molecule has 5 rings (SSSR count). The lowest BCUT2D eigenvalue weighted by molar-refractivity contribution is 0.118. The van der Waals surface area contributed by atoms with Crippen LogP contribution in [0.25, 0.3) is 0 Å². The van der Waals surface area contributed by atoms with Gasteiger partial charge in [-0.25, -0.2) is 0 Å². The highest BCUT2D eigenvalue weighted by molar-refractivity contribution is 5.63. The van der Waals surface area contributed by atoms with Crippen LogP contribution in [0.1, 0.15) is 17.5 Å². The highest BCUT2D eigenvalue weighted by Crippen LogP contribution is 2.58. The van der Waals surface area contributed by atoms with Gasteiger partial charge < -0.3 is 4.74 Å². The average Bonchev–Trinajstić information content (AvgIpc) is 2.76. The number of hydrogen-bond donors (Lipinski definition) is 0. The van der Waals surface area contributed by atoms with Gasteiger partial charge in [0.1, 0.15) is 11.9 Å². The summed E-state index contributed by atoms with van der Waals surface area (Å²) < 4.78 is 6.27. The average molecular weight is 251 g/mol. The molecule has 2 heterocycles. The maximum absolute atomic E-state index is 6.27. The number of nitrogens with zero attached hydrogens (tertiary/aromatic N) is 1.